The van der Waals surface area contributed by atoms with E-state index in [0.29, 0.717) is 19.4 Å². The Bertz CT molecular complexity index is 1910. The van der Waals surface area contributed by atoms with E-state index in [2.05, 4.69) is 99.2 Å². The summed E-state index contributed by atoms with van der Waals surface area (Å²) in [6, 6.07) is 30.7. The average molecular weight is 599 g/mol. The number of aryl methyl sites for hydroxylation is 2. The molecule has 45 heavy (non-hydrogen) atoms. The van der Waals surface area contributed by atoms with E-state index in [-0.39, 0.29) is 18.0 Å². The van der Waals surface area contributed by atoms with E-state index >= 15 is 0 Å². The molecule has 8 nitrogen and oxygen atoms in total. The zero-order valence-corrected chi connectivity index (χ0v) is 25.5. The lowest BCUT2D eigenvalue weighted by atomic mass is 9.98. The lowest BCUT2D eigenvalue weighted by Gasteiger charge is -2.23. The van der Waals surface area contributed by atoms with Crippen LogP contribution >= 0.6 is 0 Å². The largest absolute Gasteiger partial charge is 0.497 e. The van der Waals surface area contributed by atoms with Gasteiger partial charge in [-0.05, 0) is 71.5 Å². The molecule has 8 heteroatoms. The van der Waals surface area contributed by atoms with E-state index < -0.39 is 0 Å². The third-order valence-corrected chi connectivity index (χ3v) is 8.96. The number of nitrogens with one attached hydrogen (secondary N) is 3. The normalized spacial score (nSPS) is 15.4. The number of rotatable bonds is 11. The van der Waals surface area contributed by atoms with Gasteiger partial charge in [-0.1, -0.05) is 72.8 Å². The van der Waals surface area contributed by atoms with Crippen molar-refractivity contribution in [1.29, 1.82) is 0 Å². The van der Waals surface area contributed by atoms with Crippen molar-refractivity contribution >= 4 is 27.6 Å². The number of hydrogen-bond acceptors (Lipinski definition) is 5. The fourth-order valence-electron chi connectivity index (χ4n) is 6.54. The number of aromatic nitrogens is 4. The van der Waals surface area contributed by atoms with Crippen LogP contribution in [0.3, 0.4) is 0 Å². The molecule has 228 valence electrons. The van der Waals surface area contributed by atoms with E-state index in [0.717, 1.165) is 59.8 Å². The first kappa shape index (κ1) is 28.8. The zero-order valence-electron chi connectivity index (χ0n) is 25.5. The fourth-order valence-corrected chi connectivity index (χ4v) is 6.54. The molecule has 6 aromatic rings. The SMILES string of the molecule is COc1ccc(Cn2c(CCc3c[nH]c4ccccc34)nnc2[C@@H](Cc2cccc3ccccc23)NC(=O)C2CCCN2)cc1. The van der Waals surface area contributed by atoms with Crippen molar-refractivity contribution in [2.75, 3.05) is 13.7 Å². The summed E-state index contributed by atoms with van der Waals surface area (Å²) in [7, 11) is 1.68. The Hall–Kier alpha value is -4.95. The number of carbonyl (C=O) groups is 1. The summed E-state index contributed by atoms with van der Waals surface area (Å²) >= 11 is 0. The lowest BCUT2D eigenvalue weighted by Crippen LogP contribution is -2.43. The second kappa shape index (κ2) is 13.0. The predicted molar refractivity (Wildman–Crippen MR) is 177 cm³/mol. The van der Waals surface area contributed by atoms with E-state index in [1.807, 2.05) is 18.2 Å². The molecule has 3 heterocycles. The number of methoxy groups -OCH3 is 1. The standard InChI is InChI=1S/C37H38N6O2/c1-45-29-18-15-25(16-19-29)24-43-35(20-17-28-23-39-32-13-5-4-12-31(28)32)41-42-36(43)34(40-37(44)33-14-7-21-38-33)22-27-10-6-9-26-8-2-3-11-30(26)27/h2-6,8-13,15-16,18-19,23,33-34,38-39H,7,14,17,20-22,24H2,1H3,(H,40,44)/t33?,34-/m1/s1. The molecule has 1 aliphatic rings. The van der Waals surface area contributed by atoms with Crippen LogP contribution in [0.5, 0.6) is 5.75 Å². The van der Waals surface area contributed by atoms with Crippen LogP contribution in [0.15, 0.2) is 97.2 Å². The number of nitrogens with zero attached hydrogens (tertiary/aromatic N) is 3. The summed E-state index contributed by atoms with van der Waals surface area (Å²) in [5.41, 5.74) is 4.65. The highest BCUT2D eigenvalue weighted by Gasteiger charge is 2.29. The lowest BCUT2D eigenvalue weighted by molar-refractivity contribution is -0.123. The topological polar surface area (TPSA) is 96.9 Å². The molecule has 3 N–H and O–H groups in total. The third kappa shape index (κ3) is 6.19. The van der Waals surface area contributed by atoms with Gasteiger partial charge in [-0.3, -0.25) is 4.79 Å². The summed E-state index contributed by atoms with van der Waals surface area (Å²) in [5.74, 6) is 2.48. The monoisotopic (exact) mass is 598 g/mol. The maximum atomic E-state index is 13.6. The Morgan fingerprint density at radius 3 is 2.56 bits per heavy atom. The first-order valence-electron chi connectivity index (χ1n) is 15.8. The first-order chi connectivity index (χ1) is 22.2. The van der Waals surface area contributed by atoms with Gasteiger partial charge in [0, 0.05) is 29.9 Å². The molecular formula is C37H38N6O2. The molecule has 0 bridgehead atoms. The molecule has 1 amide bonds. The smallest absolute Gasteiger partial charge is 0.237 e. The molecule has 1 aliphatic heterocycles. The summed E-state index contributed by atoms with van der Waals surface area (Å²) in [6.45, 7) is 1.44. The number of amides is 1. The Balaban J connectivity index is 1.26. The maximum Gasteiger partial charge on any atom is 0.237 e. The molecule has 7 rings (SSSR count). The quantitative estimate of drug-likeness (QED) is 0.172. The fraction of sp³-hybridized carbons (Fsp3) is 0.270. The molecule has 1 unspecified atom stereocenters. The van der Waals surface area contributed by atoms with Crippen LogP contribution in [-0.4, -0.2) is 45.4 Å². The van der Waals surface area contributed by atoms with Crippen molar-refractivity contribution in [1.82, 2.24) is 30.4 Å². The van der Waals surface area contributed by atoms with Crippen molar-refractivity contribution in [2.45, 2.75) is 50.7 Å². The molecule has 2 atom stereocenters. The van der Waals surface area contributed by atoms with Crippen LogP contribution < -0.4 is 15.4 Å². The summed E-state index contributed by atoms with van der Waals surface area (Å²) in [6.07, 6.45) is 6.05. The number of para-hydroxylation sites is 1. The highest BCUT2D eigenvalue weighted by Crippen LogP contribution is 2.27. The number of H-pyrrole nitrogens is 1. The molecule has 0 spiro atoms. The Morgan fingerprint density at radius 2 is 1.73 bits per heavy atom. The van der Waals surface area contributed by atoms with E-state index in [4.69, 9.17) is 14.9 Å². The van der Waals surface area contributed by atoms with Gasteiger partial charge in [0.25, 0.3) is 0 Å². The van der Waals surface area contributed by atoms with E-state index in [1.54, 1.807) is 7.11 Å². The van der Waals surface area contributed by atoms with Crippen LogP contribution in [0.25, 0.3) is 21.7 Å². The number of aromatic amines is 1. The van der Waals surface area contributed by atoms with Crippen molar-refractivity contribution in [2.24, 2.45) is 0 Å². The zero-order chi connectivity index (χ0) is 30.6. The van der Waals surface area contributed by atoms with Gasteiger partial charge >= 0.3 is 0 Å². The average Bonchev–Trinajstić information content (AvgIpc) is 3.85. The number of ether oxygens (including phenoxy) is 1. The van der Waals surface area contributed by atoms with E-state index in [1.165, 1.54) is 21.7 Å². The highest BCUT2D eigenvalue weighted by atomic mass is 16.5. The molecule has 0 saturated carbocycles. The minimum Gasteiger partial charge on any atom is -0.497 e. The second-order valence-electron chi connectivity index (χ2n) is 11.8. The summed E-state index contributed by atoms with van der Waals surface area (Å²) < 4.78 is 7.61. The molecular weight excluding hydrogens is 560 g/mol. The maximum absolute atomic E-state index is 13.6. The van der Waals surface area contributed by atoms with Gasteiger partial charge in [0.05, 0.1) is 25.7 Å². The number of carbonyl (C=O) groups excluding carboxylic acids is 1. The second-order valence-corrected chi connectivity index (χ2v) is 11.8. The van der Waals surface area contributed by atoms with Gasteiger partial charge in [-0.15, -0.1) is 10.2 Å². The van der Waals surface area contributed by atoms with E-state index in [9.17, 15) is 4.79 Å². The van der Waals surface area contributed by atoms with Crippen molar-refractivity contribution < 1.29 is 9.53 Å². The van der Waals surface area contributed by atoms with Crippen LogP contribution in [0.4, 0.5) is 0 Å². The number of hydrogen-bond donors (Lipinski definition) is 3. The van der Waals surface area contributed by atoms with Gasteiger partial charge in [0.2, 0.25) is 5.91 Å². The molecule has 2 aromatic heterocycles. The Labute approximate surface area is 262 Å². The van der Waals surface area contributed by atoms with Gasteiger partial charge in [-0.25, -0.2) is 0 Å². The van der Waals surface area contributed by atoms with Crippen molar-refractivity contribution in [3.8, 4) is 5.75 Å². The molecule has 4 aromatic carbocycles. The van der Waals surface area contributed by atoms with Crippen LogP contribution in [0.2, 0.25) is 0 Å². The molecule has 0 radical (unpaired) electrons. The van der Waals surface area contributed by atoms with Crippen LogP contribution in [0, 0.1) is 0 Å². The highest BCUT2D eigenvalue weighted by molar-refractivity contribution is 5.86. The molecule has 0 aliphatic carbocycles. The van der Waals surface area contributed by atoms with Crippen LogP contribution in [0.1, 0.15) is 47.2 Å². The summed E-state index contributed by atoms with van der Waals surface area (Å²) in [5, 5.41) is 19.9. The minimum absolute atomic E-state index is 0.0112. The molecule has 1 fully saturated rings. The first-order valence-corrected chi connectivity index (χ1v) is 15.8. The van der Waals surface area contributed by atoms with Gasteiger partial charge in [0.15, 0.2) is 5.82 Å². The van der Waals surface area contributed by atoms with Gasteiger partial charge in [0.1, 0.15) is 11.6 Å². The predicted octanol–water partition coefficient (Wildman–Crippen LogP) is 5.91. The number of fused-ring (bicyclic) bond motifs is 2. The number of benzene rings is 4. The third-order valence-electron chi connectivity index (χ3n) is 8.96. The molecule has 1 saturated heterocycles. The Kier molecular flexibility index (Phi) is 8.29. The minimum atomic E-state index is -0.363. The summed E-state index contributed by atoms with van der Waals surface area (Å²) in [4.78, 5) is 17.0. The van der Waals surface area contributed by atoms with Crippen molar-refractivity contribution in [3.63, 3.8) is 0 Å². The van der Waals surface area contributed by atoms with Crippen molar-refractivity contribution in [3.05, 3.63) is 126 Å². The van der Waals surface area contributed by atoms with Gasteiger partial charge < -0.3 is 24.9 Å². The Morgan fingerprint density at radius 1 is 0.933 bits per heavy atom. The van der Waals surface area contributed by atoms with Gasteiger partial charge in [-0.2, -0.15) is 0 Å². The van der Waals surface area contributed by atoms with Crippen LogP contribution in [-0.2, 0) is 30.6 Å².